The minimum absolute atomic E-state index is 0.296. The highest BCUT2D eigenvalue weighted by Gasteiger charge is 2.56. The highest BCUT2D eigenvalue weighted by molar-refractivity contribution is 5.84. The van der Waals surface area contributed by atoms with Gasteiger partial charge in [-0.15, -0.1) is 0 Å². The van der Waals surface area contributed by atoms with Crippen LogP contribution in [0.4, 0.5) is 5.69 Å². The number of hydrogen-bond donors (Lipinski definition) is 2. The number of carboxylic acid groups (broad SMARTS) is 1. The van der Waals surface area contributed by atoms with Gasteiger partial charge in [0.15, 0.2) is 0 Å². The standard InChI is InChI=1S/C14H17NO2/c16-13(17)14(9-10-6-7-11(14)8-10)15-12-4-2-1-3-5-12/h1-5,10-11,15H,6-9H2,(H,16,17). The largest absolute Gasteiger partial charge is 0.479 e. The summed E-state index contributed by atoms with van der Waals surface area (Å²) in [4.78, 5) is 11.7. The summed E-state index contributed by atoms with van der Waals surface area (Å²) in [7, 11) is 0. The number of benzene rings is 1. The van der Waals surface area contributed by atoms with Crippen LogP contribution in [-0.2, 0) is 4.79 Å². The van der Waals surface area contributed by atoms with E-state index in [9.17, 15) is 9.90 Å². The van der Waals surface area contributed by atoms with Crippen LogP contribution in [0.15, 0.2) is 30.3 Å². The Morgan fingerprint density at radius 3 is 2.59 bits per heavy atom. The molecular weight excluding hydrogens is 214 g/mol. The van der Waals surface area contributed by atoms with Gasteiger partial charge in [0.05, 0.1) is 0 Å². The third-order valence-electron chi connectivity index (χ3n) is 4.37. The van der Waals surface area contributed by atoms with Crippen molar-refractivity contribution in [2.75, 3.05) is 5.32 Å². The molecule has 2 bridgehead atoms. The molecule has 3 rings (SSSR count). The van der Waals surface area contributed by atoms with Crippen LogP contribution in [0, 0.1) is 11.8 Å². The van der Waals surface area contributed by atoms with E-state index in [0.717, 1.165) is 24.9 Å². The molecule has 0 heterocycles. The van der Waals surface area contributed by atoms with Crippen molar-refractivity contribution >= 4 is 11.7 Å². The number of nitrogens with one attached hydrogen (secondary N) is 1. The van der Waals surface area contributed by atoms with Gasteiger partial charge in [0.25, 0.3) is 0 Å². The van der Waals surface area contributed by atoms with Gasteiger partial charge >= 0.3 is 5.97 Å². The number of rotatable bonds is 3. The SMILES string of the molecule is O=C(O)C1(Nc2ccccc2)CC2CCC1C2. The number of para-hydroxylation sites is 1. The van der Waals surface area contributed by atoms with Gasteiger partial charge in [-0.05, 0) is 49.7 Å². The Morgan fingerprint density at radius 1 is 1.29 bits per heavy atom. The van der Waals surface area contributed by atoms with Crippen molar-refractivity contribution in [3.8, 4) is 0 Å². The number of hydrogen-bond acceptors (Lipinski definition) is 2. The maximum atomic E-state index is 11.7. The molecule has 1 aromatic rings. The Bertz CT molecular complexity index is 431. The van der Waals surface area contributed by atoms with Crippen molar-refractivity contribution in [3.63, 3.8) is 0 Å². The number of anilines is 1. The van der Waals surface area contributed by atoms with E-state index in [1.54, 1.807) is 0 Å². The van der Waals surface area contributed by atoms with Crippen LogP contribution in [0.5, 0.6) is 0 Å². The predicted molar refractivity (Wildman–Crippen MR) is 65.9 cm³/mol. The van der Waals surface area contributed by atoms with E-state index in [1.165, 1.54) is 6.42 Å². The second-order valence-electron chi connectivity index (χ2n) is 5.35. The molecule has 2 aliphatic rings. The average molecular weight is 231 g/mol. The van der Waals surface area contributed by atoms with Gasteiger partial charge < -0.3 is 10.4 Å². The first kappa shape index (κ1) is 10.6. The lowest BCUT2D eigenvalue weighted by Crippen LogP contribution is -2.50. The van der Waals surface area contributed by atoms with Crippen LogP contribution >= 0.6 is 0 Å². The summed E-state index contributed by atoms with van der Waals surface area (Å²) in [5.74, 6) is 0.214. The zero-order valence-corrected chi connectivity index (χ0v) is 9.73. The molecule has 0 saturated heterocycles. The molecular formula is C14H17NO2. The van der Waals surface area contributed by atoms with Crippen LogP contribution in [0.1, 0.15) is 25.7 Å². The van der Waals surface area contributed by atoms with Crippen molar-refractivity contribution in [2.24, 2.45) is 11.8 Å². The first-order chi connectivity index (χ1) is 8.21. The lowest BCUT2D eigenvalue weighted by atomic mass is 9.80. The Labute approximate surface area is 101 Å². The fourth-order valence-corrected chi connectivity index (χ4v) is 3.58. The quantitative estimate of drug-likeness (QED) is 0.841. The molecule has 3 nitrogen and oxygen atoms in total. The molecule has 90 valence electrons. The summed E-state index contributed by atoms with van der Waals surface area (Å²) in [5, 5.41) is 12.9. The molecule has 0 radical (unpaired) electrons. The first-order valence-corrected chi connectivity index (χ1v) is 6.27. The second kappa shape index (κ2) is 3.76. The number of carbonyl (C=O) groups is 1. The van der Waals surface area contributed by atoms with Crippen LogP contribution < -0.4 is 5.32 Å². The van der Waals surface area contributed by atoms with Crippen molar-refractivity contribution in [1.29, 1.82) is 0 Å². The number of fused-ring (bicyclic) bond motifs is 2. The van der Waals surface area contributed by atoms with E-state index in [0.29, 0.717) is 11.8 Å². The minimum Gasteiger partial charge on any atom is -0.479 e. The van der Waals surface area contributed by atoms with Gasteiger partial charge in [0.2, 0.25) is 0 Å². The zero-order valence-electron chi connectivity index (χ0n) is 9.73. The van der Waals surface area contributed by atoms with Gasteiger partial charge in [-0.2, -0.15) is 0 Å². The molecule has 1 aromatic carbocycles. The second-order valence-corrected chi connectivity index (χ2v) is 5.35. The van der Waals surface area contributed by atoms with Crippen molar-refractivity contribution in [1.82, 2.24) is 0 Å². The van der Waals surface area contributed by atoms with E-state index in [-0.39, 0.29) is 0 Å². The smallest absolute Gasteiger partial charge is 0.329 e. The van der Waals surface area contributed by atoms with E-state index >= 15 is 0 Å². The minimum atomic E-state index is -0.718. The van der Waals surface area contributed by atoms with Gasteiger partial charge in [0.1, 0.15) is 5.54 Å². The van der Waals surface area contributed by atoms with Crippen molar-refractivity contribution < 1.29 is 9.90 Å². The maximum Gasteiger partial charge on any atom is 0.329 e. The predicted octanol–water partition coefficient (Wildman–Crippen LogP) is 2.74. The summed E-state index contributed by atoms with van der Waals surface area (Å²) in [5.41, 5.74) is 0.201. The highest BCUT2D eigenvalue weighted by Crippen LogP contribution is 2.52. The molecule has 2 N–H and O–H groups in total. The summed E-state index contributed by atoms with van der Waals surface area (Å²) >= 11 is 0. The molecule has 17 heavy (non-hydrogen) atoms. The van der Waals surface area contributed by atoms with Crippen LogP contribution in [0.2, 0.25) is 0 Å². The third kappa shape index (κ3) is 1.61. The first-order valence-electron chi connectivity index (χ1n) is 6.27. The zero-order chi connectivity index (χ0) is 11.9. The normalized spacial score (nSPS) is 34.8. The lowest BCUT2D eigenvalue weighted by Gasteiger charge is -2.35. The third-order valence-corrected chi connectivity index (χ3v) is 4.37. The van der Waals surface area contributed by atoms with E-state index in [4.69, 9.17) is 0 Å². The Hall–Kier alpha value is -1.51. The maximum absolute atomic E-state index is 11.7. The fraction of sp³-hybridized carbons (Fsp3) is 0.500. The van der Waals surface area contributed by atoms with E-state index in [2.05, 4.69) is 5.32 Å². The molecule has 3 heteroatoms. The lowest BCUT2D eigenvalue weighted by molar-refractivity contribution is -0.144. The van der Waals surface area contributed by atoms with Crippen LogP contribution in [0.3, 0.4) is 0 Å². The van der Waals surface area contributed by atoms with Gasteiger partial charge in [-0.1, -0.05) is 18.2 Å². The number of aliphatic carboxylic acids is 1. The topological polar surface area (TPSA) is 49.3 Å². The molecule has 3 atom stereocenters. The van der Waals surface area contributed by atoms with Gasteiger partial charge in [-0.3, -0.25) is 0 Å². The van der Waals surface area contributed by atoms with Crippen LogP contribution in [0.25, 0.3) is 0 Å². The summed E-state index contributed by atoms with van der Waals surface area (Å²) in [6, 6.07) is 9.70. The van der Waals surface area contributed by atoms with Crippen molar-refractivity contribution in [3.05, 3.63) is 30.3 Å². The monoisotopic (exact) mass is 231 g/mol. The summed E-state index contributed by atoms with van der Waals surface area (Å²) < 4.78 is 0. The molecule has 2 aliphatic carbocycles. The Balaban J connectivity index is 1.89. The molecule has 0 spiro atoms. The van der Waals surface area contributed by atoms with Gasteiger partial charge in [-0.25, -0.2) is 4.79 Å². The molecule has 0 aliphatic heterocycles. The van der Waals surface area contributed by atoms with E-state index < -0.39 is 11.5 Å². The summed E-state index contributed by atoms with van der Waals surface area (Å²) in [6.07, 6.45) is 4.11. The Morgan fingerprint density at radius 2 is 2.06 bits per heavy atom. The van der Waals surface area contributed by atoms with Crippen LogP contribution in [-0.4, -0.2) is 16.6 Å². The molecule has 0 amide bonds. The average Bonchev–Trinajstić information content (AvgIpc) is 2.91. The van der Waals surface area contributed by atoms with Crippen molar-refractivity contribution in [2.45, 2.75) is 31.2 Å². The summed E-state index contributed by atoms with van der Waals surface area (Å²) in [6.45, 7) is 0. The molecule has 0 aromatic heterocycles. The molecule has 2 saturated carbocycles. The molecule has 3 unspecified atom stereocenters. The highest BCUT2D eigenvalue weighted by atomic mass is 16.4. The Kier molecular flexibility index (Phi) is 2.35. The number of carboxylic acids is 1. The molecule has 2 fully saturated rings. The van der Waals surface area contributed by atoms with E-state index in [1.807, 2.05) is 30.3 Å². The fourth-order valence-electron chi connectivity index (χ4n) is 3.58. The van der Waals surface area contributed by atoms with Gasteiger partial charge in [0, 0.05) is 5.69 Å².